The number of nitrogen functional groups attached to an aromatic ring is 1. The van der Waals surface area contributed by atoms with Gasteiger partial charge in [-0.05, 0) is 24.7 Å². The van der Waals surface area contributed by atoms with Gasteiger partial charge in [-0.25, -0.2) is 0 Å². The lowest BCUT2D eigenvalue weighted by Gasteiger charge is -2.16. The molecule has 0 spiro atoms. The average Bonchev–Trinajstić information content (AvgIpc) is 3.20. The molecule has 118 valence electrons. The van der Waals surface area contributed by atoms with E-state index in [9.17, 15) is 4.79 Å². The Labute approximate surface area is 129 Å². The number of anilines is 2. The van der Waals surface area contributed by atoms with Gasteiger partial charge in [0, 0.05) is 27.3 Å². The maximum absolute atomic E-state index is 11.8. The highest BCUT2D eigenvalue weighted by Gasteiger charge is 2.42. The second kappa shape index (κ2) is 6.53. The lowest BCUT2D eigenvalue weighted by atomic mass is 10.0. The van der Waals surface area contributed by atoms with Crippen LogP contribution in [0.5, 0.6) is 5.75 Å². The normalized spacial score (nSPS) is 15.6. The van der Waals surface area contributed by atoms with Crippen LogP contribution in [-0.4, -0.2) is 40.3 Å². The second-order valence-electron chi connectivity index (χ2n) is 5.38. The van der Waals surface area contributed by atoms with Crippen LogP contribution in [-0.2, 0) is 4.74 Å². The summed E-state index contributed by atoms with van der Waals surface area (Å²) >= 11 is 1.33. The Morgan fingerprint density at radius 3 is 2.67 bits per heavy atom. The van der Waals surface area contributed by atoms with Crippen molar-refractivity contribution in [1.82, 2.24) is 5.32 Å². The molecule has 0 saturated heterocycles. The van der Waals surface area contributed by atoms with Crippen molar-refractivity contribution < 1.29 is 14.3 Å². The molecule has 1 aliphatic rings. The van der Waals surface area contributed by atoms with Gasteiger partial charge >= 0.3 is 0 Å². The van der Waals surface area contributed by atoms with Gasteiger partial charge in [0.2, 0.25) is 0 Å². The van der Waals surface area contributed by atoms with Gasteiger partial charge in [-0.3, -0.25) is 4.79 Å². The van der Waals surface area contributed by atoms with Gasteiger partial charge in [-0.2, -0.15) is 0 Å². The summed E-state index contributed by atoms with van der Waals surface area (Å²) in [5.41, 5.74) is 6.70. The van der Waals surface area contributed by atoms with Crippen molar-refractivity contribution >= 4 is 27.9 Å². The molecule has 2 rings (SSSR count). The van der Waals surface area contributed by atoms with E-state index < -0.39 is 0 Å². The highest BCUT2D eigenvalue weighted by Crippen LogP contribution is 2.50. The first kappa shape index (κ1) is 15.9. The highest BCUT2D eigenvalue weighted by molar-refractivity contribution is 7.19. The van der Waals surface area contributed by atoms with E-state index in [4.69, 9.17) is 15.2 Å². The van der Waals surface area contributed by atoms with E-state index >= 15 is 0 Å². The highest BCUT2D eigenvalue weighted by atomic mass is 32.1. The second-order valence-corrected chi connectivity index (χ2v) is 6.40. The first-order valence-electron chi connectivity index (χ1n) is 6.98. The van der Waals surface area contributed by atoms with E-state index in [-0.39, 0.29) is 5.91 Å². The van der Waals surface area contributed by atoms with E-state index in [0.717, 1.165) is 24.6 Å². The summed E-state index contributed by atoms with van der Waals surface area (Å²) in [4.78, 5) is 12.3. The topological polar surface area (TPSA) is 85.6 Å². The number of nitrogens with two attached hydrogens (primary N) is 1. The number of hydrogen-bond donors (Lipinski definition) is 3. The van der Waals surface area contributed by atoms with Crippen molar-refractivity contribution in [2.24, 2.45) is 5.41 Å². The number of thiophene rings is 1. The van der Waals surface area contributed by atoms with Crippen LogP contribution in [0.3, 0.4) is 0 Å². The number of methoxy groups -OCH3 is 2. The predicted octanol–water partition coefficient (Wildman–Crippen LogP) is 1.93. The summed E-state index contributed by atoms with van der Waals surface area (Å²) in [6, 6.07) is 0. The molecular formula is C14H23N3O3S. The molecule has 6 nitrogen and oxygen atoms in total. The Balaban J connectivity index is 2.08. The molecule has 7 heteroatoms. The fourth-order valence-corrected chi connectivity index (χ4v) is 3.34. The maximum atomic E-state index is 11.8. The molecule has 1 aromatic heterocycles. The molecule has 1 aliphatic carbocycles. The van der Waals surface area contributed by atoms with Crippen molar-refractivity contribution in [3.63, 3.8) is 0 Å². The lowest BCUT2D eigenvalue weighted by Crippen LogP contribution is -2.17. The summed E-state index contributed by atoms with van der Waals surface area (Å²) in [5.74, 6) is 0.366. The zero-order chi connectivity index (χ0) is 15.5. The van der Waals surface area contributed by atoms with Gasteiger partial charge in [0.15, 0.2) is 5.75 Å². The lowest BCUT2D eigenvalue weighted by molar-refractivity contribution is 0.0967. The number of carbonyl (C=O) groups is 1. The number of hydrogen-bond acceptors (Lipinski definition) is 6. The Morgan fingerprint density at radius 1 is 1.43 bits per heavy atom. The molecule has 1 aromatic rings. The summed E-state index contributed by atoms with van der Waals surface area (Å²) in [7, 11) is 4.88. The molecule has 4 N–H and O–H groups in total. The largest absolute Gasteiger partial charge is 0.492 e. The van der Waals surface area contributed by atoms with Crippen molar-refractivity contribution in [3.05, 3.63) is 4.88 Å². The summed E-state index contributed by atoms with van der Waals surface area (Å²) in [6.07, 6.45) is 3.45. The molecule has 21 heavy (non-hydrogen) atoms. The van der Waals surface area contributed by atoms with E-state index in [2.05, 4.69) is 10.6 Å². The Bertz CT molecular complexity index is 512. The Morgan fingerprint density at radius 2 is 2.14 bits per heavy atom. The molecule has 0 aromatic carbocycles. The number of ether oxygens (including phenoxy) is 2. The summed E-state index contributed by atoms with van der Waals surface area (Å²) < 4.78 is 10.5. The summed E-state index contributed by atoms with van der Waals surface area (Å²) in [5, 5.41) is 6.80. The van der Waals surface area contributed by atoms with Gasteiger partial charge in [0.05, 0.1) is 7.11 Å². The first-order chi connectivity index (χ1) is 10.1. The predicted molar refractivity (Wildman–Crippen MR) is 85.3 cm³/mol. The fraction of sp³-hybridized carbons (Fsp3) is 0.643. The van der Waals surface area contributed by atoms with E-state index in [1.165, 1.54) is 24.2 Å². The Hall–Kier alpha value is -1.47. The van der Waals surface area contributed by atoms with Gasteiger partial charge in [0.1, 0.15) is 15.6 Å². The fourth-order valence-electron chi connectivity index (χ4n) is 2.31. The van der Waals surface area contributed by atoms with Gasteiger partial charge in [0.25, 0.3) is 5.91 Å². The van der Waals surface area contributed by atoms with Crippen LogP contribution in [0.4, 0.5) is 10.7 Å². The van der Waals surface area contributed by atoms with Crippen molar-refractivity contribution in [2.45, 2.75) is 19.3 Å². The first-order valence-corrected chi connectivity index (χ1v) is 7.79. The Kier molecular flexibility index (Phi) is 4.95. The van der Waals surface area contributed by atoms with Crippen LogP contribution in [0, 0.1) is 5.41 Å². The van der Waals surface area contributed by atoms with Crippen molar-refractivity contribution in [3.8, 4) is 5.75 Å². The quantitative estimate of drug-likeness (QED) is 0.683. The van der Waals surface area contributed by atoms with Crippen LogP contribution in [0.15, 0.2) is 0 Å². The molecule has 0 radical (unpaired) electrons. The van der Waals surface area contributed by atoms with Crippen LogP contribution in [0.2, 0.25) is 0 Å². The minimum atomic E-state index is -0.190. The monoisotopic (exact) mass is 313 g/mol. The molecule has 1 saturated carbocycles. The number of carbonyl (C=O) groups excluding carboxylic acids is 1. The standard InChI is InChI=1S/C14H23N3O3S/c1-16-12(18)11-9(15)10(20-3)13(21-11)17-8-14(4-5-14)6-7-19-2/h17H,4-8,15H2,1-3H3,(H,16,18). The van der Waals surface area contributed by atoms with Crippen LogP contribution in [0.1, 0.15) is 28.9 Å². The van der Waals surface area contributed by atoms with Gasteiger partial charge in [-0.1, -0.05) is 0 Å². The van der Waals surface area contributed by atoms with Crippen LogP contribution >= 0.6 is 11.3 Å². The molecule has 1 fully saturated rings. The molecule has 1 heterocycles. The van der Waals surface area contributed by atoms with Gasteiger partial charge in [-0.15, -0.1) is 11.3 Å². The zero-order valence-corrected chi connectivity index (χ0v) is 13.6. The number of amides is 1. The van der Waals surface area contributed by atoms with E-state index in [1.54, 1.807) is 21.3 Å². The molecule has 0 aliphatic heterocycles. The van der Waals surface area contributed by atoms with Crippen molar-refractivity contribution in [1.29, 1.82) is 0 Å². The van der Waals surface area contributed by atoms with Crippen LogP contribution < -0.4 is 21.1 Å². The molecular weight excluding hydrogens is 290 g/mol. The smallest absolute Gasteiger partial charge is 0.263 e. The third kappa shape index (κ3) is 3.41. The van der Waals surface area contributed by atoms with Crippen molar-refractivity contribution in [2.75, 3.05) is 45.5 Å². The molecule has 0 unspecified atom stereocenters. The minimum Gasteiger partial charge on any atom is -0.492 e. The number of rotatable bonds is 8. The third-order valence-electron chi connectivity index (χ3n) is 3.95. The van der Waals surface area contributed by atoms with Gasteiger partial charge < -0.3 is 25.8 Å². The maximum Gasteiger partial charge on any atom is 0.263 e. The van der Waals surface area contributed by atoms with E-state index in [1.807, 2.05) is 0 Å². The zero-order valence-electron chi connectivity index (χ0n) is 12.7. The molecule has 0 bridgehead atoms. The minimum absolute atomic E-state index is 0.190. The summed E-state index contributed by atoms with van der Waals surface area (Å²) in [6.45, 7) is 1.62. The third-order valence-corrected chi connectivity index (χ3v) is 5.10. The average molecular weight is 313 g/mol. The number of nitrogens with one attached hydrogen (secondary N) is 2. The molecule has 1 amide bonds. The van der Waals surface area contributed by atoms with E-state index in [0.29, 0.717) is 21.7 Å². The SMILES string of the molecule is CNC(=O)c1sc(NCC2(CCOC)CC2)c(OC)c1N. The van der Waals surface area contributed by atoms with Crippen LogP contribution in [0.25, 0.3) is 0 Å². The molecule has 0 atom stereocenters.